The summed E-state index contributed by atoms with van der Waals surface area (Å²) in [5.41, 5.74) is 0.482. The highest BCUT2D eigenvalue weighted by molar-refractivity contribution is 7.53. The summed E-state index contributed by atoms with van der Waals surface area (Å²) >= 11 is 0. The molecule has 2 N–H and O–H groups in total. The Kier molecular flexibility index (Phi) is 5.68. The van der Waals surface area contributed by atoms with Gasteiger partial charge in [0, 0.05) is 0 Å². The minimum atomic E-state index is -4.36. The number of ether oxygens (including phenoxy) is 3. The van der Waals surface area contributed by atoms with Gasteiger partial charge in [-0.15, -0.1) is 0 Å². The Labute approximate surface area is 125 Å². The first-order chi connectivity index (χ1) is 9.81. The average Bonchev–Trinajstić information content (AvgIpc) is 2.46. The Morgan fingerprint density at radius 1 is 1.00 bits per heavy atom. The summed E-state index contributed by atoms with van der Waals surface area (Å²) in [7, 11) is 0.0579. The van der Waals surface area contributed by atoms with Gasteiger partial charge in [0.2, 0.25) is 5.75 Å². The molecule has 6 nitrogen and oxygen atoms in total. The van der Waals surface area contributed by atoms with Gasteiger partial charge in [-0.05, 0) is 30.5 Å². The van der Waals surface area contributed by atoms with Crippen molar-refractivity contribution >= 4 is 7.60 Å². The normalized spacial score (nSPS) is 12.1. The van der Waals surface area contributed by atoms with Crippen molar-refractivity contribution in [2.24, 2.45) is 0 Å². The molecule has 7 heteroatoms. The van der Waals surface area contributed by atoms with Crippen molar-refractivity contribution < 1.29 is 28.6 Å². The van der Waals surface area contributed by atoms with Gasteiger partial charge in [-0.2, -0.15) is 0 Å². The molecule has 0 fully saturated rings. The first-order valence-electron chi connectivity index (χ1n) is 6.67. The Bertz CT molecular complexity index is 507. The molecule has 0 aromatic heterocycles. The number of benzene rings is 1. The molecule has 0 saturated carbocycles. The highest BCUT2D eigenvalue weighted by Gasteiger charge is 2.46. The van der Waals surface area contributed by atoms with Crippen molar-refractivity contribution in [3.05, 3.63) is 17.7 Å². The van der Waals surface area contributed by atoms with E-state index >= 15 is 0 Å². The van der Waals surface area contributed by atoms with Crippen molar-refractivity contribution in [3.8, 4) is 17.2 Å². The Balaban J connectivity index is 3.65. The topological polar surface area (TPSA) is 85.2 Å². The van der Waals surface area contributed by atoms with Gasteiger partial charge >= 0.3 is 7.60 Å². The zero-order valence-electron chi connectivity index (χ0n) is 13.0. The van der Waals surface area contributed by atoms with Crippen LogP contribution in [-0.2, 0) is 9.72 Å². The van der Waals surface area contributed by atoms with Crippen LogP contribution in [0.3, 0.4) is 0 Å². The molecule has 0 radical (unpaired) electrons. The third-order valence-corrected chi connectivity index (χ3v) is 5.94. The van der Waals surface area contributed by atoms with Crippen LogP contribution in [-0.4, -0.2) is 31.1 Å². The van der Waals surface area contributed by atoms with E-state index < -0.39 is 12.8 Å². The molecule has 0 aliphatic rings. The van der Waals surface area contributed by atoms with Crippen molar-refractivity contribution in [2.75, 3.05) is 21.3 Å². The van der Waals surface area contributed by atoms with Crippen molar-refractivity contribution in [3.63, 3.8) is 0 Å². The van der Waals surface area contributed by atoms with E-state index in [1.54, 1.807) is 26.0 Å². The van der Waals surface area contributed by atoms with Crippen LogP contribution in [0.1, 0.15) is 32.3 Å². The van der Waals surface area contributed by atoms with E-state index in [-0.39, 0.29) is 0 Å². The minimum absolute atomic E-state index is 0.298. The molecule has 0 spiro atoms. The van der Waals surface area contributed by atoms with Crippen molar-refractivity contribution in [2.45, 2.75) is 31.8 Å². The molecule has 1 aromatic rings. The van der Waals surface area contributed by atoms with Gasteiger partial charge in [-0.25, -0.2) is 0 Å². The summed E-state index contributed by atoms with van der Waals surface area (Å²) < 4.78 is 27.8. The largest absolute Gasteiger partial charge is 0.493 e. The van der Waals surface area contributed by atoms with Gasteiger partial charge < -0.3 is 24.0 Å². The van der Waals surface area contributed by atoms with E-state index in [9.17, 15) is 14.4 Å². The molecule has 0 bridgehead atoms. The second-order valence-electron chi connectivity index (χ2n) is 4.70. The predicted octanol–water partition coefficient (Wildman–Crippen LogP) is 2.91. The Hall–Kier alpha value is -1.23. The Morgan fingerprint density at radius 3 is 1.67 bits per heavy atom. The third kappa shape index (κ3) is 3.03. The monoisotopic (exact) mass is 318 g/mol. The molecule has 120 valence electrons. The van der Waals surface area contributed by atoms with E-state index in [2.05, 4.69) is 0 Å². The molecule has 0 atom stereocenters. The minimum Gasteiger partial charge on any atom is -0.493 e. The lowest BCUT2D eigenvalue weighted by Crippen LogP contribution is -2.24. The molecule has 1 aromatic carbocycles. The number of hydrogen-bond donors (Lipinski definition) is 2. The maximum Gasteiger partial charge on any atom is 0.335 e. The lowest BCUT2D eigenvalue weighted by atomic mass is 9.92. The maximum atomic E-state index is 12.1. The molecule has 0 amide bonds. The fourth-order valence-corrected chi connectivity index (χ4v) is 3.88. The standard InChI is InChI=1S/C14H23O6P/c1-6-14(7-2,21(15,16)17)10-8-11(18-3)13(20-5)12(9-10)19-4/h8-9H,6-7H2,1-5H3,(H2,15,16,17). The van der Waals surface area contributed by atoms with Crippen LogP contribution in [0.2, 0.25) is 0 Å². The first kappa shape index (κ1) is 17.8. The number of rotatable bonds is 7. The average molecular weight is 318 g/mol. The van der Waals surface area contributed by atoms with Crippen LogP contribution in [0.15, 0.2) is 12.1 Å². The molecular formula is C14H23O6P. The zero-order chi connectivity index (χ0) is 16.3. The second-order valence-corrected chi connectivity index (χ2v) is 6.64. The van der Waals surface area contributed by atoms with Crippen molar-refractivity contribution in [1.29, 1.82) is 0 Å². The molecule has 0 unspecified atom stereocenters. The van der Waals surface area contributed by atoms with E-state index in [1.807, 2.05) is 0 Å². The number of hydrogen-bond acceptors (Lipinski definition) is 4. The van der Waals surface area contributed by atoms with Gasteiger partial charge in [-0.3, -0.25) is 4.57 Å². The molecule has 0 aliphatic heterocycles. The summed E-state index contributed by atoms with van der Waals surface area (Å²) in [6.45, 7) is 3.51. The van der Waals surface area contributed by atoms with Crippen molar-refractivity contribution in [1.82, 2.24) is 0 Å². The maximum absolute atomic E-state index is 12.1. The van der Waals surface area contributed by atoms with E-state index in [0.717, 1.165) is 0 Å². The second kappa shape index (κ2) is 6.69. The molecular weight excluding hydrogens is 295 g/mol. The summed E-state index contributed by atoms with van der Waals surface area (Å²) in [5, 5.41) is -1.26. The predicted molar refractivity (Wildman–Crippen MR) is 80.4 cm³/mol. The number of methoxy groups -OCH3 is 3. The van der Waals surface area contributed by atoms with Crippen LogP contribution in [0.5, 0.6) is 17.2 Å². The lowest BCUT2D eigenvalue weighted by Gasteiger charge is -2.33. The van der Waals surface area contributed by atoms with Crippen LogP contribution in [0.25, 0.3) is 0 Å². The van der Waals surface area contributed by atoms with E-state index in [4.69, 9.17) is 14.2 Å². The van der Waals surface area contributed by atoms with Gasteiger partial charge in [0.1, 0.15) is 0 Å². The summed E-state index contributed by atoms with van der Waals surface area (Å²) in [6, 6.07) is 3.21. The third-order valence-electron chi connectivity index (χ3n) is 3.93. The van der Waals surface area contributed by atoms with E-state index in [0.29, 0.717) is 35.7 Å². The molecule has 0 saturated heterocycles. The Morgan fingerprint density at radius 2 is 1.43 bits per heavy atom. The highest BCUT2D eigenvalue weighted by atomic mass is 31.2. The molecule has 0 heterocycles. The first-order valence-corrected chi connectivity index (χ1v) is 8.28. The molecule has 0 aliphatic carbocycles. The quantitative estimate of drug-likeness (QED) is 0.752. The fraction of sp³-hybridized carbons (Fsp3) is 0.571. The lowest BCUT2D eigenvalue weighted by molar-refractivity contribution is 0.308. The van der Waals surface area contributed by atoms with Gasteiger partial charge in [0.15, 0.2) is 11.5 Å². The van der Waals surface area contributed by atoms with Crippen LogP contribution < -0.4 is 14.2 Å². The van der Waals surface area contributed by atoms with E-state index in [1.165, 1.54) is 21.3 Å². The van der Waals surface area contributed by atoms with Gasteiger partial charge in [0.25, 0.3) is 0 Å². The smallest absolute Gasteiger partial charge is 0.335 e. The highest BCUT2D eigenvalue weighted by Crippen LogP contribution is 2.62. The SMILES string of the molecule is CCC(CC)(c1cc(OC)c(OC)c(OC)c1)P(=O)(O)O. The van der Waals surface area contributed by atoms with Gasteiger partial charge in [-0.1, -0.05) is 13.8 Å². The summed E-state index contributed by atoms with van der Waals surface area (Å²) in [5.74, 6) is 1.16. The van der Waals surface area contributed by atoms with Crippen LogP contribution >= 0.6 is 7.60 Å². The molecule has 21 heavy (non-hydrogen) atoms. The fourth-order valence-electron chi connectivity index (χ4n) is 2.59. The van der Waals surface area contributed by atoms with Gasteiger partial charge in [0.05, 0.1) is 26.5 Å². The zero-order valence-corrected chi connectivity index (χ0v) is 13.9. The summed E-state index contributed by atoms with van der Waals surface area (Å²) in [6.07, 6.45) is 0.596. The summed E-state index contributed by atoms with van der Waals surface area (Å²) in [4.78, 5) is 19.7. The van der Waals surface area contributed by atoms with Crippen LogP contribution in [0.4, 0.5) is 0 Å². The van der Waals surface area contributed by atoms with Crippen LogP contribution in [0, 0.1) is 0 Å². The molecule has 1 rings (SSSR count).